The highest BCUT2D eigenvalue weighted by Gasteiger charge is 2.20. The molecule has 1 amide bonds. The first-order valence-electron chi connectivity index (χ1n) is 7.11. The van der Waals surface area contributed by atoms with Gasteiger partial charge in [0.25, 0.3) is 5.91 Å². The summed E-state index contributed by atoms with van der Waals surface area (Å²) in [7, 11) is 0. The Bertz CT molecular complexity index is 640. The van der Waals surface area contributed by atoms with E-state index in [1.165, 1.54) is 18.3 Å². The maximum Gasteiger partial charge on any atom is 0.335 e. The molecule has 1 saturated heterocycles. The molecule has 0 radical (unpaired) electrons. The summed E-state index contributed by atoms with van der Waals surface area (Å²) in [5, 5.41) is 20.9. The van der Waals surface area contributed by atoms with E-state index in [1.807, 2.05) is 6.07 Å². The predicted molar refractivity (Wildman–Crippen MR) is 81.2 cm³/mol. The average molecular weight is 299 g/mol. The highest BCUT2D eigenvalue weighted by molar-refractivity contribution is 5.97. The standard InChI is InChI=1S/C16H17N3O3/c17-10-13(15(20)19-7-2-1-3-8-19)11-18-14-6-4-5-12(9-14)16(21)22/h4-6,9,11,18H,1-3,7-8H2,(H,21,22)/b13-11-. The number of carbonyl (C=O) groups excluding carboxylic acids is 1. The fourth-order valence-electron chi connectivity index (χ4n) is 2.31. The molecule has 114 valence electrons. The lowest BCUT2D eigenvalue weighted by molar-refractivity contribution is -0.127. The number of aromatic carboxylic acids is 1. The first-order chi connectivity index (χ1) is 10.6. The molecule has 6 nitrogen and oxygen atoms in total. The van der Waals surface area contributed by atoms with E-state index >= 15 is 0 Å². The van der Waals surface area contributed by atoms with Crippen LogP contribution in [0.15, 0.2) is 36.0 Å². The molecule has 0 spiro atoms. The molecule has 1 aromatic rings. The lowest BCUT2D eigenvalue weighted by Gasteiger charge is -2.26. The van der Waals surface area contributed by atoms with Gasteiger partial charge < -0.3 is 15.3 Å². The van der Waals surface area contributed by atoms with E-state index in [4.69, 9.17) is 10.4 Å². The number of hydrogen-bond acceptors (Lipinski definition) is 4. The Labute approximate surface area is 128 Å². The predicted octanol–water partition coefficient (Wildman–Crippen LogP) is 2.22. The lowest BCUT2D eigenvalue weighted by Crippen LogP contribution is -2.36. The first-order valence-corrected chi connectivity index (χ1v) is 7.11. The normalized spacial score (nSPS) is 15.0. The number of likely N-dealkylation sites (tertiary alicyclic amines) is 1. The summed E-state index contributed by atoms with van der Waals surface area (Å²) in [4.78, 5) is 24.8. The second-order valence-electron chi connectivity index (χ2n) is 5.05. The average Bonchev–Trinajstić information content (AvgIpc) is 2.56. The van der Waals surface area contributed by atoms with Crippen molar-refractivity contribution in [2.75, 3.05) is 18.4 Å². The van der Waals surface area contributed by atoms with Crippen LogP contribution in [0.1, 0.15) is 29.6 Å². The Morgan fingerprint density at radius 2 is 2.00 bits per heavy atom. The third-order valence-electron chi connectivity index (χ3n) is 3.49. The summed E-state index contributed by atoms with van der Waals surface area (Å²) in [6.45, 7) is 1.35. The SMILES string of the molecule is N#C/C(=C/Nc1cccc(C(=O)O)c1)C(=O)N1CCCCC1. The molecule has 0 saturated carbocycles. The summed E-state index contributed by atoms with van der Waals surface area (Å²) in [6.07, 6.45) is 4.35. The largest absolute Gasteiger partial charge is 0.478 e. The number of hydrogen-bond donors (Lipinski definition) is 2. The summed E-state index contributed by atoms with van der Waals surface area (Å²) in [5.41, 5.74) is 0.668. The van der Waals surface area contributed by atoms with E-state index in [1.54, 1.807) is 17.0 Å². The molecule has 2 rings (SSSR count). The molecule has 0 bridgehead atoms. The van der Waals surface area contributed by atoms with Gasteiger partial charge in [-0.15, -0.1) is 0 Å². The van der Waals surface area contributed by atoms with E-state index < -0.39 is 5.97 Å². The van der Waals surface area contributed by atoms with E-state index in [0.717, 1.165) is 19.3 Å². The molecule has 1 aliphatic rings. The minimum absolute atomic E-state index is 0.0163. The molecule has 1 aromatic carbocycles. The number of carbonyl (C=O) groups is 2. The zero-order valence-corrected chi connectivity index (χ0v) is 12.1. The van der Waals surface area contributed by atoms with Crippen molar-refractivity contribution in [1.29, 1.82) is 5.26 Å². The van der Waals surface area contributed by atoms with Crippen LogP contribution in [-0.4, -0.2) is 35.0 Å². The third kappa shape index (κ3) is 3.85. The van der Waals surface area contributed by atoms with E-state index in [0.29, 0.717) is 18.8 Å². The van der Waals surface area contributed by atoms with Crippen molar-refractivity contribution < 1.29 is 14.7 Å². The lowest BCUT2D eigenvalue weighted by atomic mass is 10.1. The van der Waals surface area contributed by atoms with Gasteiger partial charge in [0.1, 0.15) is 11.6 Å². The maximum atomic E-state index is 12.2. The molecule has 6 heteroatoms. The number of carboxylic acids is 1. The number of carboxylic acid groups (broad SMARTS) is 1. The van der Waals surface area contributed by atoms with Crippen molar-refractivity contribution >= 4 is 17.6 Å². The van der Waals surface area contributed by atoms with Crippen molar-refractivity contribution in [3.63, 3.8) is 0 Å². The minimum Gasteiger partial charge on any atom is -0.478 e. The van der Waals surface area contributed by atoms with Gasteiger partial charge in [0.2, 0.25) is 0 Å². The second kappa shape index (κ2) is 7.27. The molecular weight excluding hydrogens is 282 g/mol. The Balaban J connectivity index is 2.09. The smallest absolute Gasteiger partial charge is 0.335 e. The van der Waals surface area contributed by atoms with Crippen molar-refractivity contribution in [3.8, 4) is 6.07 Å². The fraction of sp³-hybridized carbons (Fsp3) is 0.312. The molecule has 0 aromatic heterocycles. The van der Waals surface area contributed by atoms with Gasteiger partial charge in [0, 0.05) is 25.0 Å². The van der Waals surface area contributed by atoms with Gasteiger partial charge in [-0.05, 0) is 37.5 Å². The Hall–Kier alpha value is -2.81. The summed E-state index contributed by atoms with van der Waals surface area (Å²) in [5.74, 6) is -1.32. The zero-order chi connectivity index (χ0) is 15.9. The van der Waals surface area contributed by atoms with Crippen molar-refractivity contribution in [3.05, 3.63) is 41.6 Å². The van der Waals surface area contributed by atoms with Crippen LogP contribution in [0.3, 0.4) is 0 Å². The van der Waals surface area contributed by atoms with Crippen molar-refractivity contribution in [2.24, 2.45) is 0 Å². The van der Waals surface area contributed by atoms with Gasteiger partial charge in [0.05, 0.1) is 5.56 Å². The van der Waals surface area contributed by atoms with Gasteiger partial charge in [-0.2, -0.15) is 5.26 Å². The second-order valence-corrected chi connectivity index (χ2v) is 5.05. The number of anilines is 1. The van der Waals surface area contributed by atoms with Gasteiger partial charge in [0.15, 0.2) is 0 Å². The Kier molecular flexibility index (Phi) is 5.15. The quantitative estimate of drug-likeness (QED) is 0.656. The Morgan fingerprint density at radius 3 is 2.64 bits per heavy atom. The molecule has 0 aliphatic carbocycles. The molecule has 0 unspecified atom stereocenters. The first kappa shape index (κ1) is 15.6. The van der Waals surface area contributed by atoms with Crippen LogP contribution in [0.25, 0.3) is 0 Å². The molecule has 1 fully saturated rings. The summed E-state index contributed by atoms with van der Waals surface area (Å²) in [6, 6.07) is 8.08. The van der Waals surface area contributed by atoms with Crippen LogP contribution in [0.4, 0.5) is 5.69 Å². The number of amides is 1. The van der Waals surface area contributed by atoms with Gasteiger partial charge >= 0.3 is 5.97 Å². The summed E-state index contributed by atoms with van der Waals surface area (Å²) < 4.78 is 0. The van der Waals surface area contributed by atoms with Crippen molar-refractivity contribution in [2.45, 2.75) is 19.3 Å². The van der Waals surface area contributed by atoms with Gasteiger partial charge in [-0.3, -0.25) is 4.79 Å². The molecule has 1 aliphatic heterocycles. The highest BCUT2D eigenvalue weighted by atomic mass is 16.4. The van der Waals surface area contributed by atoms with Crippen LogP contribution in [0.5, 0.6) is 0 Å². The number of rotatable bonds is 4. The Morgan fingerprint density at radius 1 is 1.27 bits per heavy atom. The van der Waals surface area contributed by atoms with Crippen LogP contribution < -0.4 is 5.32 Å². The fourth-order valence-corrected chi connectivity index (χ4v) is 2.31. The number of nitrogens with one attached hydrogen (secondary N) is 1. The third-order valence-corrected chi connectivity index (χ3v) is 3.49. The minimum atomic E-state index is -1.03. The van der Waals surface area contributed by atoms with Crippen LogP contribution in [0.2, 0.25) is 0 Å². The molecule has 0 atom stereocenters. The van der Waals surface area contributed by atoms with Crippen LogP contribution in [0, 0.1) is 11.3 Å². The topological polar surface area (TPSA) is 93.4 Å². The van der Waals surface area contributed by atoms with Crippen LogP contribution >= 0.6 is 0 Å². The highest BCUT2D eigenvalue weighted by Crippen LogP contribution is 2.14. The van der Waals surface area contributed by atoms with E-state index in [2.05, 4.69) is 5.32 Å². The van der Waals surface area contributed by atoms with E-state index in [9.17, 15) is 9.59 Å². The number of piperidine rings is 1. The van der Waals surface area contributed by atoms with E-state index in [-0.39, 0.29) is 17.0 Å². The molecule has 1 heterocycles. The van der Waals surface area contributed by atoms with Gasteiger partial charge in [-0.1, -0.05) is 6.07 Å². The zero-order valence-electron chi connectivity index (χ0n) is 12.1. The number of nitriles is 1. The molecule has 2 N–H and O–H groups in total. The van der Waals surface area contributed by atoms with Crippen LogP contribution in [-0.2, 0) is 4.79 Å². The van der Waals surface area contributed by atoms with Crippen molar-refractivity contribution in [1.82, 2.24) is 4.90 Å². The number of benzene rings is 1. The molecule has 22 heavy (non-hydrogen) atoms. The maximum absolute atomic E-state index is 12.2. The number of nitrogens with zero attached hydrogens (tertiary/aromatic N) is 2. The summed E-state index contributed by atoms with van der Waals surface area (Å²) >= 11 is 0. The monoisotopic (exact) mass is 299 g/mol. The van der Waals surface area contributed by atoms with Gasteiger partial charge in [-0.25, -0.2) is 4.79 Å². The molecular formula is C16H17N3O3.